The van der Waals surface area contributed by atoms with E-state index in [0.29, 0.717) is 29.8 Å². The Morgan fingerprint density at radius 1 is 1.00 bits per heavy atom. The molecular formula is C12H8Br3ClN2O2S. The van der Waals surface area contributed by atoms with E-state index in [9.17, 15) is 8.42 Å². The SMILES string of the molecule is Nc1cc(Br)c(NS(=O)(=O)c2ccc(Cl)c(Br)c2)c(Br)c1. The van der Waals surface area contributed by atoms with Crippen molar-refractivity contribution in [2.45, 2.75) is 4.90 Å². The summed E-state index contributed by atoms with van der Waals surface area (Å²) < 4.78 is 28.9. The number of nitrogen functional groups attached to an aromatic ring is 1. The van der Waals surface area contributed by atoms with Gasteiger partial charge in [0.1, 0.15) is 0 Å². The molecule has 0 aliphatic carbocycles. The summed E-state index contributed by atoms with van der Waals surface area (Å²) >= 11 is 15.6. The monoisotopic (exact) mass is 516 g/mol. The van der Waals surface area contributed by atoms with Crippen LogP contribution in [0.1, 0.15) is 0 Å². The highest BCUT2D eigenvalue weighted by Gasteiger charge is 2.18. The molecule has 21 heavy (non-hydrogen) atoms. The van der Waals surface area contributed by atoms with Gasteiger partial charge in [-0.2, -0.15) is 0 Å². The van der Waals surface area contributed by atoms with Gasteiger partial charge in [0.2, 0.25) is 0 Å². The van der Waals surface area contributed by atoms with Crippen molar-refractivity contribution in [1.82, 2.24) is 0 Å². The Bertz CT molecular complexity index is 789. The fourth-order valence-electron chi connectivity index (χ4n) is 1.53. The molecule has 0 aliphatic rings. The Morgan fingerprint density at radius 2 is 1.57 bits per heavy atom. The second-order valence-corrected chi connectivity index (χ2v) is 8.69. The molecule has 2 aromatic carbocycles. The first-order valence-electron chi connectivity index (χ1n) is 5.43. The Morgan fingerprint density at radius 3 is 2.10 bits per heavy atom. The third kappa shape index (κ3) is 3.92. The molecular weight excluding hydrogens is 511 g/mol. The van der Waals surface area contributed by atoms with Crippen molar-refractivity contribution < 1.29 is 8.42 Å². The molecule has 0 heterocycles. The molecule has 0 unspecified atom stereocenters. The molecule has 0 aromatic heterocycles. The van der Waals surface area contributed by atoms with Crippen molar-refractivity contribution in [2.75, 3.05) is 10.5 Å². The van der Waals surface area contributed by atoms with Gasteiger partial charge in [0.25, 0.3) is 10.0 Å². The van der Waals surface area contributed by atoms with Gasteiger partial charge in [0.05, 0.1) is 15.6 Å². The van der Waals surface area contributed by atoms with Crippen molar-refractivity contribution >= 4 is 80.8 Å². The highest BCUT2D eigenvalue weighted by molar-refractivity contribution is 9.11. The van der Waals surface area contributed by atoms with Crippen LogP contribution in [0.4, 0.5) is 11.4 Å². The topological polar surface area (TPSA) is 72.2 Å². The number of anilines is 2. The molecule has 0 amide bonds. The van der Waals surface area contributed by atoms with E-state index < -0.39 is 10.0 Å². The Kier molecular flexibility index (Phi) is 5.25. The number of nitrogens with two attached hydrogens (primary N) is 1. The molecule has 0 spiro atoms. The molecule has 0 aliphatic heterocycles. The summed E-state index contributed by atoms with van der Waals surface area (Å²) in [6, 6.07) is 7.59. The van der Waals surface area contributed by atoms with Gasteiger partial charge < -0.3 is 5.73 Å². The Hall–Kier alpha value is -0.280. The van der Waals surface area contributed by atoms with Crippen LogP contribution in [-0.2, 0) is 10.0 Å². The van der Waals surface area contributed by atoms with Crippen molar-refractivity contribution in [3.8, 4) is 0 Å². The third-order valence-corrected chi connectivity index (χ3v) is 6.31. The molecule has 9 heteroatoms. The summed E-state index contributed by atoms with van der Waals surface area (Å²) in [6.07, 6.45) is 0. The molecule has 2 rings (SSSR count). The van der Waals surface area contributed by atoms with E-state index in [-0.39, 0.29) is 4.90 Å². The lowest BCUT2D eigenvalue weighted by Crippen LogP contribution is -2.14. The van der Waals surface area contributed by atoms with Crippen molar-refractivity contribution in [3.63, 3.8) is 0 Å². The molecule has 0 saturated carbocycles. The second kappa shape index (κ2) is 6.45. The van der Waals surface area contributed by atoms with E-state index in [2.05, 4.69) is 52.5 Å². The third-order valence-electron chi connectivity index (χ3n) is 2.50. The molecule has 4 nitrogen and oxygen atoms in total. The Balaban J connectivity index is 2.44. The molecule has 0 fully saturated rings. The molecule has 0 radical (unpaired) electrons. The lowest BCUT2D eigenvalue weighted by Gasteiger charge is -2.13. The second-order valence-electron chi connectivity index (χ2n) is 4.04. The van der Waals surface area contributed by atoms with Crippen LogP contribution in [0.2, 0.25) is 5.02 Å². The molecule has 0 atom stereocenters. The quantitative estimate of drug-likeness (QED) is 0.561. The predicted molar refractivity (Wildman–Crippen MR) is 96.2 cm³/mol. The molecule has 0 saturated heterocycles. The zero-order chi connectivity index (χ0) is 15.8. The van der Waals surface area contributed by atoms with Gasteiger partial charge in [-0.25, -0.2) is 8.42 Å². The van der Waals surface area contributed by atoms with Gasteiger partial charge in [-0.3, -0.25) is 4.72 Å². The number of nitrogens with one attached hydrogen (secondary N) is 1. The normalized spacial score (nSPS) is 11.4. The first-order valence-corrected chi connectivity index (χ1v) is 9.67. The number of rotatable bonds is 3. The number of halogens is 4. The van der Waals surface area contributed by atoms with Crippen LogP contribution >= 0.6 is 59.4 Å². The smallest absolute Gasteiger partial charge is 0.262 e. The van der Waals surface area contributed by atoms with Crippen molar-refractivity contribution in [3.05, 3.63) is 48.8 Å². The summed E-state index contributed by atoms with van der Waals surface area (Å²) in [7, 11) is -3.75. The van der Waals surface area contributed by atoms with Crippen LogP contribution in [0.15, 0.2) is 48.6 Å². The minimum absolute atomic E-state index is 0.0920. The van der Waals surface area contributed by atoms with Gasteiger partial charge in [0, 0.05) is 19.1 Å². The lowest BCUT2D eigenvalue weighted by molar-refractivity contribution is 0.601. The van der Waals surface area contributed by atoms with Gasteiger partial charge in [-0.05, 0) is 78.1 Å². The average Bonchev–Trinajstić information content (AvgIpc) is 2.37. The maximum Gasteiger partial charge on any atom is 0.262 e. The minimum atomic E-state index is -3.75. The zero-order valence-electron chi connectivity index (χ0n) is 10.2. The summed E-state index contributed by atoms with van der Waals surface area (Å²) in [5.74, 6) is 0. The van der Waals surface area contributed by atoms with Crippen LogP contribution in [0.3, 0.4) is 0 Å². The van der Waals surface area contributed by atoms with Crippen LogP contribution in [0, 0.1) is 0 Å². The average molecular weight is 519 g/mol. The number of benzene rings is 2. The summed E-state index contributed by atoms with van der Waals surface area (Å²) in [5, 5.41) is 0.434. The Labute approximate surface area is 152 Å². The molecule has 3 N–H and O–H groups in total. The molecule has 112 valence electrons. The fourth-order valence-corrected chi connectivity index (χ4v) is 4.98. The highest BCUT2D eigenvalue weighted by Crippen LogP contribution is 2.35. The van der Waals surface area contributed by atoms with E-state index >= 15 is 0 Å². The van der Waals surface area contributed by atoms with Gasteiger partial charge in [-0.1, -0.05) is 11.6 Å². The number of hydrogen-bond acceptors (Lipinski definition) is 3. The zero-order valence-corrected chi connectivity index (χ0v) is 16.5. The van der Waals surface area contributed by atoms with Gasteiger partial charge >= 0.3 is 0 Å². The molecule has 0 bridgehead atoms. The van der Waals surface area contributed by atoms with Crippen LogP contribution < -0.4 is 10.5 Å². The lowest BCUT2D eigenvalue weighted by atomic mass is 10.3. The summed E-state index contributed by atoms with van der Waals surface area (Å²) in [4.78, 5) is 0.0920. The maximum absolute atomic E-state index is 12.4. The summed E-state index contributed by atoms with van der Waals surface area (Å²) in [6.45, 7) is 0. The van der Waals surface area contributed by atoms with E-state index in [4.69, 9.17) is 17.3 Å². The first-order chi connectivity index (χ1) is 9.70. The van der Waals surface area contributed by atoms with Crippen LogP contribution in [-0.4, -0.2) is 8.42 Å². The van der Waals surface area contributed by atoms with Crippen molar-refractivity contribution in [2.24, 2.45) is 0 Å². The van der Waals surface area contributed by atoms with Gasteiger partial charge in [0.15, 0.2) is 0 Å². The van der Waals surface area contributed by atoms with E-state index in [1.165, 1.54) is 18.2 Å². The highest BCUT2D eigenvalue weighted by atomic mass is 79.9. The largest absolute Gasteiger partial charge is 0.399 e. The minimum Gasteiger partial charge on any atom is -0.399 e. The number of hydrogen-bond donors (Lipinski definition) is 2. The van der Waals surface area contributed by atoms with Crippen LogP contribution in [0.5, 0.6) is 0 Å². The predicted octanol–water partition coefficient (Wildman–Crippen LogP) is 5.01. The fraction of sp³-hybridized carbons (Fsp3) is 0. The number of sulfonamides is 1. The van der Waals surface area contributed by atoms with Gasteiger partial charge in [-0.15, -0.1) is 0 Å². The van der Waals surface area contributed by atoms with Crippen molar-refractivity contribution in [1.29, 1.82) is 0 Å². The maximum atomic E-state index is 12.4. The van der Waals surface area contributed by atoms with E-state index in [1.807, 2.05) is 0 Å². The molecule has 2 aromatic rings. The standard InChI is InChI=1S/C12H8Br3ClN2O2S/c13-8-5-7(1-2-11(8)16)21(19,20)18-12-9(14)3-6(17)4-10(12)15/h1-5,18H,17H2. The summed E-state index contributed by atoms with van der Waals surface area (Å²) in [5.41, 5.74) is 6.56. The van der Waals surface area contributed by atoms with E-state index in [0.717, 1.165) is 0 Å². The van der Waals surface area contributed by atoms with E-state index in [1.54, 1.807) is 12.1 Å². The van der Waals surface area contributed by atoms with Crippen LogP contribution in [0.25, 0.3) is 0 Å². The first kappa shape index (κ1) is 17.1.